The number of anilines is 3. The highest BCUT2D eigenvalue weighted by atomic mass is 15.1. The van der Waals surface area contributed by atoms with E-state index in [0.717, 1.165) is 17.1 Å². The minimum atomic E-state index is -0.539. The van der Waals surface area contributed by atoms with Crippen LogP contribution in [0.5, 0.6) is 0 Å². The van der Waals surface area contributed by atoms with Gasteiger partial charge in [-0.3, -0.25) is 0 Å². The molecule has 0 bridgehead atoms. The number of nitrogens with zero attached hydrogens (tertiary/aromatic N) is 1. The van der Waals surface area contributed by atoms with Crippen molar-refractivity contribution in [3.8, 4) is 55.6 Å². The molecule has 0 atom stereocenters. The first-order valence-electron chi connectivity index (χ1n) is 26.9. The molecule has 0 heterocycles. The molecular formula is C75H55N. The van der Waals surface area contributed by atoms with Gasteiger partial charge in [-0.1, -0.05) is 240 Å². The quantitative estimate of drug-likeness (QED) is 0.154. The molecule has 0 unspecified atom stereocenters. The van der Waals surface area contributed by atoms with E-state index in [-0.39, 0.29) is 10.8 Å². The van der Waals surface area contributed by atoms with Gasteiger partial charge in [-0.15, -0.1) is 0 Å². The number of hydrogen-bond acceptors (Lipinski definition) is 1. The average Bonchev–Trinajstić information content (AvgIpc) is 4.22. The zero-order valence-electron chi connectivity index (χ0n) is 43.3. The molecule has 0 aromatic heterocycles. The lowest BCUT2D eigenvalue weighted by Crippen LogP contribution is -2.28. The Morgan fingerprint density at radius 2 is 0.592 bits per heavy atom. The molecule has 0 N–H and O–H groups in total. The standard InChI is InChI=1S/C75H55N/c1-73(2)68-43-50(59-30-17-21-48-19-11-13-27-57(48)59)33-38-62(68)64-40-35-54(45-70(64)73)76(55-36-41-65-63-39-34-51(44-69(63)74(3,4)71(65)46-55)60-31-18-22-49-20-12-14-28-58(49)60)56-37-42-66-61-29-15-16-32-67(61)75(72(66)47-56,52-23-7-5-8-24-52)53-25-9-6-10-26-53/h5-47H,1-4H3. The van der Waals surface area contributed by atoms with E-state index >= 15 is 0 Å². The average molecular weight is 970 g/mol. The minimum Gasteiger partial charge on any atom is -0.310 e. The van der Waals surface area contributed by atoms with Crippen LogP contribution in [0.2, 0.25) is 0 Å². The summed E-state index contributed by atoms with van der Waals surface area (Å²) in [4.78, 5) is 2.55. The smallest absolute Gasteiger partial charge is 0.0714 e. The highest BCUT2D eigenvalue weighted by Gasteiger charge is 2.47. The van der Waals surface area contributed by atoms with Crippen LogP contribution in [0, 0.1) is 0 Å². The van der Waals surface area contributed by atoms with Crippen molar-refractivity contribution in [2.24, 2.45) is 0 Å². The highest BCUT2D eigenvalue weighted by Crippen LogP contribution is 2.59. The van der Waals surface area contributed by atoms with Gasteiger partial charge in [0.05, 0.1) is 5.41 Å². The summed E-state index contributed by atoms with van der Waals surface area (Å²) in [6.45, 7) is 9.67. The summed E-state index contributed by atoms with van der Waals surface area (Å²) in [6, 6.07) is 98.4. The maximum atomic E-state index is 2.55. The molecule has 0 aliphatic heterocycles. The molecule has 360 valence electrons. The van der Waals surface area contributed by atoms with Crippen LogP contribution in [0.4, 0.5) is 17.1 Å². The monoisotopic (exact) mass is 969 g/mol. The molecular weight excluding hydrogens is 915 g/mol. The van der Waals surface area contributed by atoms with Crippen molar-refractivity contribution in [2.45, 2.75) is 43.9 Å². The summed E-state index contributed by atoms with van der Waals surface area (Å²) in [7, 11) is 0. The van der Waals surface area contributed by atoms with Gasteiger partial charge in [-0.05, 0) is 170 Å². The third-order valence-electron chi connectivity index (χ3n) is 17.7. The van der Waals surface area contributed by atoms with Gasteiger partial charge < -0.3 is 4.90 Å². The molecule has 0 saturated carbocycles. The van der Waals surface area contributed by atoms with Crippen LogP contribution < -0.4 is 4.90 Å². The summed E-state index contributed by atoms with van der Waals surface area (Å²) < 4.78 is 0. The lowest BCUT2D eigenvalue weighted by Gasteiger charge is -2.35. The van der Waals surface area contributed by atoms with Crippen molar-refractivity contribution in [1.29, 1.82) is 0 Å². The Balaban J connectivity index is 0.918. The molecule has 76 heavy (non-hydrogen) atoms. The Labute approximate surface area is 446 Å². The van der Waals surface area contributed by atoms with Crippen LogP contribution >= 0.6 is 0 Å². The molecule has 3 aliphatic carbocycles. The molecule has 12 aromatic rings. The lowest BCUT2D eigenvalue weighted by atomic mass is 9.67. The van der Waals surface area contributed by atoms with E-state index in [1.54, 1.807) is 0 Å². The van der Waals surface area contributed by atoms with E-state index in [0.29, 0.717) is 0 Å². The van der Waals surface area contributed by atoms with Gasteiger partial charge >= 0.3 is 0 Å². The van der Waals surface area contributed by atoms with Gasteiger partial charge in [0.25, 0.3) is 0 Å². The van der Waals surface area contributed by atoms with E-state index in [1.807, 2.05) is 0 Å². The maximum Gasteiger partial charge on any atom is 0.0714 e. The molecule has 1 nitrogen and oxygen atoms in total. The minimum absolute atomic E-state index is 0.258. The molecule has 0 amide bonds. The first-order chi connectivity index (χ1) is 37.2. The largest absolute Gasteiger partial charge is 0.310 e. The second kappa shape index (κ2) is 16.5. The van der Waals surface area contributed by atoms with Crippen LogP contribution in [-0.4, -0.2) is 0 Å². The summed E-state index contributed by atoms with van der Waals surface area (Å²) in [5, 5.41) is 5.08. The number of hydrogen-bond donors (Lipinski definition) is 0. The SMILES string of the molecule is CC1(C)c2cc(-c3cccc4ccccc34)ccc2-c2ccc(N(c3ccc4c(c3)C(C)(C)c3cc(-c5cccc6ccccc56)ccc3-4)c3ccc4c(c3)C(c3ccccc3)(c3ccccc3)c3ccccc3-4)cc21. The fourth-order valence-corrected chi connectivity index (χ4v) is 14.0. The van der Waals surface area contributed by atoms with Crippen LogP contribution in [-0.2, 0) is 16.2 Å². The van der Waals surface area contributed by atoms with Gasteiger partial charge in [-0.25, -0.2) is 0 Å². The van der Waals surface area contributed by atoms with Crippen molar-refractivity contribution in [1.82, 2.24) is 0 Å². The van der Waals surface area contributed by atoms with E-state index in [4.69, 9.17) is 0 Å². The molecule has 12 aromatic carbocycles. The fraction of sp³-hybridized carbons (Fsp3) is 0.0933. The Morgan fingerprint density at radius 3 is 1.08 bits per heavy atom. The van der Waals surface area contributed by atoms with Gasteiger partial charge in [0, 0.05) is 27.9 Å². The topological polar surface area (TPSA) is 3.24 Å². The molecule has 0 saturated heterocycles. The number of benzene rings is 12. The first kappa shape index (κ1) is 44.4. The third-order valence-corrected chi connectivity index (χ3v) is 17.7. The van der Waals surface area contributed by atoms with E-state index in [9.17, 15) is 0 Å². The van der Waals surface area contributed by atoms with Gasteiger partial charge in [0.15, 0.2) is 0 Å². The van der Waals surface area contributed by atoms with Crippen molar-refractivity contribution in [3.05, 3.63) is 305 Å². The van der Waals surface area contributed by atoms with Crippen molar-refractivity contribution in [3.63, 3.8) is 0 Å². The van der Waals surface area contributed by atoms with Crippen LogP contribution in [0.25, 0.3) is 77.2 Å². The Morgan fingerprint density at radius 1 is 0.250 bits per heavy atom. The Hall–Kier alpha value is -9.04. The second-order valence-electron chi connectivity index (χ2n) is 22.4. The third kappa shape index (κ3) is 6.33. The first-order valence-corrected chi connectivity index (χ1v) is 26.9. The van der Waals surface area contributed by atoms with Gasteiger partial charge in [-0.2, -0.15) is 0 Å². The van der Waals surface area contributed by atoms with Crippen molar-refractivity contribution >= 4 is 38.6 Å². The zero-order valence-corrected chi connectivity index (χ0v) is 43.3. The molecule has 0 spiro atoms. The van der Waals surface area contributed by atoms with E-state index in [1.165, 1.54) is 122 Å². The Bertz CT molecular complexity index is 4110. The Kier molecular flexibility index (Phi) is 9.64. The van der Waals surface area contributed by atoms with Crippen LogP contribution in [0.3, 0.4) is 0 Å². The summed E-state index contributed by atoms with van der Waals surface area (Å²) in [5.74, 6) is 0. The van der Waals surface area contributed by atoms with E-state index < -0.39 is 5.41 Å². The molecule has 0 radical (unpaired) electrons. The van der Waals surface area contributed by atoms with Crippen LogP contribution in [0.15, 0.2) is 261 Å². The summed E-state index contributed by atoms with van der Waals surface area (Å²) in [5.41, 5.74) is 25.7. The fourth-order valence-electron chi connectivity index (χ4n) is 14.0. The van der Waals surface area contributed by atoms with Gasteiger partial charge in [0.2, 0.25) is 0 Å². The zero-order chi connectivity index (χ0) is 50.9. The highest BCUT2D eigenvalue weighted by molar-refractivity contribution is 6.00. The van der Waals surface area contributed by atoms with Crippen LogP contribution in [0.1, 0.15) is 72.2 Å². The molecule has 15 rings (SSSR count). The molecule has 1 heteroatoms. The predicted molar refractivity (Wildman–Crippen MR) is 319 cm³/mol. The molecule has 3 aliphatic rings. The predicted octanol–water partition coefficient (Wildman–Crippen LogP) is 19.8. The normalized spacial score (nSPS) is 14.6. The van der Waals surface area contributed by atoms with E-state index in [2.05, 4.69) is 293 Å². The second-order valence-corrected chi connectivity index (χ2v) is 22.4. The summed E-state index contributed by atoms with van der Waals surface area (Å²) in [6.07, 6.45) is 0. The lowest BCUT2D eigenvalue weighted by molar-refractivity contribution is 0.660. The van der Waals surface area contributed by atoms with Crippen molar-refractivity contribution < 1.29 is 0 Å². The number of fused-ring (bicyclic) bond motifs is 11. The van der Waals surface area contributed by atoms with Gasteiger partial charge in [0.1, 0.15) is 0 Å². The molecule has 0 fully saturated rings. The maximum absolute atomic E-state index is 2.55. The number of rotatable bonds is 7. The van der Waals surface area contributed by atoms with Crippen molar-refractivity contribution in [2.75, 3.05) is 4.90 Å². The summed E-state index contributed by atoms with van der Waals surface area (Å²) >= 11 is 0.